The number of anilines is 1. The standard InChI is InChI=1S/C20H26N2O5/c1-5-22-10-8-20(9-11-22)17(13(2)19(24)27-20)18(23)21-15-7-6-14(25-3)12-16(15)26-4/h6-7,12H,5,8-11H2,1-4H3,(H,21,23). The molecule has 0 unspecified atom stereocenters. The fraction of sp³-hybridized carbons (Fsp3) is 0.500. The number of nitrogens with zero attached hydrogens (tertiary/aromatic N) is 1. The Balaban J connectivity index is 1.87. The lowest BCUT2D eigenvalue weighted by atomic mass is 9.82. The second-order valence-corrected chi connectivity index (χ2v) is 6.84. The van der Waals surface area contributed by atoms with Gasteiger partial charge in [-0.3, -0.25) is 4.79 Å². The van der Waals surface area contributed by atoms with E-state index in [9.17, 15) is 9.59 Å². The molecule has 1 saturated heterocycles. The minimum Gasteiger partial charge on any atom is -0.497 e. The minimum atomic E-state index is -0.837. The molecule has 0 aliphatic carbocycles. The van der Waals surface area contributed by atoms with Crippen molar-refractivity contribution in [2.24, 2.45) is 0 Å². The highest BCUT2D eigenvalue weighted by molar-refractivity contribution is 6.13. The number of hydrogen-bond donors (Lipinski definition) is 1. The van der Waals surface area contributed by atoms with Gasteiger partial charge in [0.1, 0.15) is 17.1 Å². The summed E-state index contributed by atoms with van der Waals surface area (Å²) in [6.07, 6.45) is 1.23. The number of methoxy groups -OCH3 is 2. The number of amides is 1. The summed E-state index contributed by atoms with van der Waals surface area (Å²) in [4.78, 5) is 27.7. The first-order valence-electron chi connectivity index (χ1n) is 9.14. The van der Waals surface area contributed by atoms with Gasteiger partial charge >= 0.3 is 5.97 Å². The second-order valence-electron chi connectivity index (χ2n) is 6.84. The van der Waals surface area contributed by atoms with Crippen LogP contribution in [0.15, 0.2) is 29.3 Å². The molecule has 1 N–H and O–H groups in total. The lowest BCUT2D eigenvalue weighted by Crippen LogP contribution is -2.47. The fourth-order valence-electron chi connectivity index (χ4n) is 3.80. The van der Waals surface area contributed by atoms with Crippen molar-refractivity contribution in [2.45, 2.75) is 32.3 Å². The molecule has 1 aromatic carbocycles. The Morgan fingerprint density at radius 3 is 2.56 bits per heavy atom. The number of rotatable bonds is 5. The zero-order valence-electron chi connectivity index (χ0n) is 16.3. The summed E-state index contributed by atoms with van der Waals surface area (Å²) in [5, 5.41) is 2.88. The number of piperidine rings is 1. The highest BCUT2D eigenvalue weighted by Crippen LogP contribution is 2.42. The number of nitrogens with one attached hydrogen (secondary N) is 1. The number of ether oxygens (including phenoxy) is 3. The van der Waals surface area contributed by atoms with Gasteiger partial charge in [-0.2, -0.15) is 0 Å². The maximum atomic E-state index is 13.1. The molecule has 7 nitrogen and oxygen atoms in total. The number of esters is 1. The van der Waals surface area contributed by atoms with Gasteiger partial charge in [0.25, 0.3) is 5.91 Å². The van der Waals surface area contributed by atoms with Crippen LogP contribution in [0, 0.1) is 0 Å². The van der Waals surface area contributed by atoms with Crippen molar-refractivity contribution < 1.29 is 23.8 Å². The summed E-state index contributed by atoms with van der Waals surface area (Å²) in [6, 6.07) is 5.16. The van der Waals surface area contributed by atoms with E-state index in [1.54, 1.807) is 32.2 Å². The highest BCUT2D eigenvalue weighted by Gasteiger charge is 2.50. The molecule has 0 saturated carbocycles. The smallest absolute Gasteiger partial charge is 0.335 e. The van der Waals surface area contributed by atoms with Gasteiger partial charge < -0.3 is 24.4 Å². The summed E-state index contributed by atoms with van der Waals surface area (Å²) in [5.41, 5.74) is 0.492. The molecule has 1 amide bonds. The molecule has 0 aromatic heterocycles. The van der Waals surface area contributed by atoms with Gasteiger partial charge in [-0.25, -0.2) is 4.79 Å². The van der Waals surface area contributed by atoms with E-state index in [-0.39, 0.29) is 5.91 Å². The number of likely N-dealkylation sites (tertiary alicyclic amines) is 1. The Bertz CT molecular complexity index is 779. The van der Waals surface area contributed by atoms with Crippen molar-refractivity contribution in [2.75, 3.05) is 39.2 Å². The van der Waals surface area contributed by atoms with E-state index in [0.717, 1.165) is 19.6 Å². The molecular weight excluding hydrogens is 348 g/mol. The monoisotopic (exact) mass is 374 g/mol. The number of hydrogen-bond acceptors (Lipinski definition) is 6. The lowest BCUT2D eigenvalue weighted by Gasteiger charge is -2.39. The van der Waals surface area contributed by atoms with Crippen molar-refractivity contribution in [1.82, 2.24) is 4.90 Å². The van der Waals surface area contributed by atoms with Gasteiger partial charge in [0.15, 0.2) is 0 Å². The lowest BCUT2D eigenvalue weighted by molar-refractivity contribution is -0.150. The maximum absolute atomic E-state index is 13.1. The first-order chi connectivity index (χ1) is 12.9. The van der Waals surface area contributed by atoms with Gasteiger partial charge in [0.2, 0.25) is 0 Å². The van der Waals surface area contributed by atoms with E-state index in [4.69, 9.17) is 14.2 Å². The summed E-state index contributed by atoms with van der Waals surface area (Å²) in [6.45, 7) is 6.28. The van der Waals surface area contributed by atoms with Crippen LogP contribution >= 0.6 is 0 Å². The molecule has 1 aromatic rings. The fourth-order valence-corrected chi connectivity index (χ4v) is 3.80. The third-order valence-corrected chi connectivity index (χ3v) is 5.42. The Morgan fingerprint density at radius 2 is 1.96 bits per heavy atom. The van der Waals surface area contributed by atoms with Crippen molar-refractivity contribution in [1.29, 1.82) is 0 Å². The average molecular weight is 374 g/mol. The van der Waals surface area contributed by atoms with Crippen LogP contribution in [0.25, 0.3) is 0 Å². The van der Waals surface area contributed by atoms with Crippen LogP contribution in [0.1, 0.15) is 26.7 Å². The number of carbonyl (C=O) groups is 2. The Labute approximate surface area is 159 Å². The van der Waals surface area contributed by atoms with Gasteiger partial charge in [-0.05, 0) is 25.6 Å². The van der Waals surface area contributed by atoms with Crippen LogP contribution in [0.2, 0.25) is 0 Å². The summed E-state index contributed by atoms with van der Waals surface area (Å²) in [5.74, 6) is 0.377. The molecule has 3 rings (SSSR count). The van der Waals surface area contributed by atoms with Crippen LogP contribution in [-0.2, 0) is 14.3 Å². The van der Waals surface area contributed by atoms with E-state index < -0.39 is 11.6 Å². The van der Waals surface area contributed by atoms with Crippen LogP contribution in [0.5, 0.6) is 11.5 Å². The van der Waals surface area contributed by atoms with Crippen LogP contribution in [0.3, 0.4) is 0 Å². The van der Waals surface area contributed by atoms with E-state index >= 15 is 0 Å². The SMILES string of the molecule is CCN1CCC2(CC1)OC(=O)C(C)=C2C(=O)Nc1ccc(OC)cc1OC. The third kappa shape index (κ3) is 3.51. The van der Waals surface area contributed by atoms with Gasteiger partial charge in [0, 0.05) is 37.6 Å². The molecule has 1 fully saturated rings. The minimum absolute atomic E-state index is 0.327. The molecule has 0 bridgehead atoms. The molecule has 2 aliphatic heterocycles. The van der Waals surface area contributed by atoms with Crippen LogP contribution in [-0.4, -0.2) is 56.2 Å². The summed E-state index contributed by atoms with van der Waals surface area (Å²) < 4.78 is 16.2. The van der Waals surface area contributed by atoms with Gasteiger partial charge in [0.05, 0.1) is 25.5 Å². The Morgan fingerprint density at radius 1 is 1.26 bits per heavy atom. The Kier molecular flexibility index (Phi) is 5.41. The average Bonchev–Trinajstić information content (AvgIpc) is 2.92. The Hall–Kier alpha value is -2.54. The van der Waals surface area contributed by atoms with Gasteiger partial charge in [-0.1, -0.05) is 6.92 Å². The normalized spacial score (nSPS) is 19.2. The predicted octanol–water partition coefficient (Wildman–Crippen LogP) is 2.37. The quantitative estimate of drug-likeness (QED) is 0.798. The highest BCUT2D eigenvalue weighted by atomic mass is 16.6. The van der Waals surface area contributed by atoms with Crippen LogP contribution in [0.4, 0.5) is 5.69 Å². The molecule has 7 heteroatoms. The first kappa shape index (κ1) is 19.2. The molecular formula is C20H26N2O5. The van der Waals surface area contributed by atoms with Crippen LogP contribution < -0.4 is 14.8 Å². The molecule has 2 aliphatic rings. The summed E-state index contributed by atoms with van der Waals surface area (Å²) >= 11 is 0. The van der Waals surface area contributed by atoms with E-state index in [0.29, 0.717) is 41.2 Å². The number of carbonyl (C=O) groups excluding carboxylic acids is 2. The molecule has 2 heterocycles. The molecule has 0 atom stereocenters. The van der Waals surface area contributed by atoms with Crippen molar-refractivity contribution in [3.8, 4) is 11.5 Å². The largest absolute Gasteiger partial charge is 0.497 e. The topological polar surface area (TPSA) is 77.1 Å². The first-order valence-corrected chi connectivity index (χ1v) is 9.14. The zero-order valence-corrected chi connectivity index (χ0v) is 16.3. The molecule has 146 valence electrons. The van der Waals surface area contributed by atoms with E-state index in [1.165, 1.54) is 7.11 Å². The summed E-state index contributed by atoms with van der Waals surface area (Å²) in [7, 11) is 3.09. The zero-order chi connectivity index (χ0) is 19.6. The maximum Gasteiger partial charge on any atom is 0.335 e. The van der Waals surface area contributed by atoms with E-state index in [2.05, 4.69) is 17.1 Å². The molecule has 1 spiro atoms. The molecule has 27 heavy (non-hydrogen) atoms. The third-order valence-electron chi connectivity index (χ3n) is 5.42. The van der Waals surface area contributed by atoms with Gasteiger partial charge in [-0.15, -0.1) is 0 Å². The van der Waals surface area contributed by atoms with Crippen molar-refractivity contribution in [3.63, 3.8) is 0 Å². The second kappa shape index (κ2) is 7.60. The van der Waals surface area contributed by atoms with Crippen molar-refractivity contribution >= 4 is 17.6 Å². The number of benzene rings is 1. The molecule has 0 radical (unpaired) electrons. The van der Waals surface area contributed by atoms with E-state index in [1.807, 2.05) is 0 Å². The van der Waals surface area contributed by atoms with Crippen molar-refractivity contribution in [3.05, 3.63) is 29.3 Å². The predicted molar refractivity (Wildman–Crippen MR) is 101 cm³/mol.